The fourth-order valence-corrected chi connectivity index (χ4v) is 2.88. The first kappa shape index (κ1) is 21.4. The quantitative estimate of drug-likeness (QED) is 0.617. The number of nitrogens with zero attached hydrogens (tertiary/aromatic N) is 3. The second kappa shape index (κ2) is 10.4. The minimum absolute atomic E-state index is 0.0517. The summed E-state index contributed by atoms with van der Waals surface area (Å²) in [6, 6.07) is 11.1. The van der Waals surface area contributed by atoms with Crippen molar-refractivity contribution in [2.45, 2.75) is 12.5 Å². The third kappa shape index (κ3) is 5.79. The summed E-state index contributed by atoms with van der Waals surface area (Å²) in [5.74, 6) is 0.252. The molecule has 2 aromatic rings. The first-order valence-electron chi connectivity index (χ1n) is 9.02. The van der Waals surface area contributed by atoms with E-state index in [1.165, 1.54) is 13.3 Å². The molecule has 28 heavy (non-hydrogen) atoms. The lowest BCUT2D eigenvalue weighted by molar-refractivity contribution is -0.140. The Balaban J connectivity index is 2.25. The Bertz CT molecular complexity index is 763. The molecule has 0 N–H and O–H groups in total. The van der Waals surface area contributed by atoms with Crippen LogP contribution in [0.3, 0.4) is 0 Å². The number of carbonyl (C=O) groups excluding carboxylic acids is 2. The topological polar surface area (TPSA) is 72.0 Å². The number of methoxy groups -OCH3 is 2. The van der Waals surface area contributed by atoms with Crippen LogP contribution in [0.5, 0.6) is 5.75 Å². The number of esters is 1. The van der Waals surface area contributed by atoms with E-state index in [2.05, 4.69) is 4.98 Å². The number of hydrogen-bond donors (Lipinski definition) is 0. The average Bonchev–Trinajstić information content (AvgIpc) is 2.73. The first-order chi connectivity index (χ1) is 13.5. The minimum atomic E-state index is -0.352. The van der Waals surface area contributed by atoms with Crippen molar-refractivity contribution in [1.82, 2.24) is 14.8 Å². The van der Waals surface area contributed by atoms with Gasteiger partial charge in [-0.05, 0) is 43.9 Å². The van der Waals surface area contributed by atoms with Crippen molar-refractivity contribution < 1.29 is 19.1 Å². The zero-order valence-corrected chi connectivity index (χ0v) is 16.8. The number of ether oxygens (including phenoxy) is 2. The van der Waals surface area contributed by atoms with Crippen LogP contribution in [0.25, 0.3) is 0 Å². The monoisotopic (exact) mass is 385 g/mol. The standard InChI is InChI=1S/C21H27N3O4/c1-23(2)19(16-7-9-18(27-3)10-8-16)15-24(13-11-20(25)28-4)21(26)17-6-5-12-22-14-17/h5-10,12,14,19H,11,13,15H2,1-4H3. The van der Waals surface area contributed by atoms with Gasteiger partial charge in [0.15, 0.2) is 0 Å². The summed E-state index contributed by atoms with van der Waals surface area (Å²) in [5.41, 5.74) is 1.53. The highest BCUT2D eigenvalue weighted by atomic mass is 16.5. The molecule has 7 heteroatoms. The maximum atomic E-state index is 13.0. The molecule has 1 amide bonds. The van der Waals surface area contributed by atoms with Crippen LogP contribution in [0, 0.1) is 0 Å². The van der Waals surface area contributed by atoms with Crippen LogP contribution in [0.2, 0.25) is 0 Å². The zero-order valence-electron chi connectivity index (χ0n) is 16.8. The van der Waals surface area contributed by atoms with E-state index in [4.69, 9.17) is 9.47 Å². The molecule has 1 aromatic heterocycles. The smallest absolute Gasteiger partial charge is 0.307 e. The second-order valence-corrected chi connectivity index (χ2v) is 6.57. The average molecular weight is 385 g/mol. The molecule has 1 unspecified atom stereocenters. The highest BCUT2D eigenvalue weighted by molar-refractivity contribution is 5.94. The lowest BCUT2D eigenvalue weighted by Crippen LogP contribution is -2.40. The van der Waals surface area contributed by atoms with Gasteiger partial charge in [-0.15, -0.1) is 0 Å². The molecule has 1 atom stereocenters. The molecule has 1 aromatic carbocycles. The Labute approximate surface area is 165 Å². The number of benzene rings is 1. The number of likely N-dealkylation sites (N-methyl/N-ethyl adjacent to an activating group) is 1. The molecular weight excluding hydrogens is 358 g/mol. The maximum absolute atomic E-state index is 13.0. The SMILES string of the molecule is COC(=O)CCN(CC(c1ccc(OC)cc1)N(C)C)C(=O)c1cccnc1. The molecule has 0 saturated heterocycles. The second-order valence-electron chi connectivity index (χ2n) is 6.57. The van der Waals surface area contributed by atoms with E-state index in [0.717, 1.165) is 11.3 Å². The van der Waals surface area contributed by atoms with E-state index in [9.17, 15) is 9.59 Å². The highest BCUT2D eigenvalue weighted by Gasteiger charge is 2.24. The predicted molar refractivity (Wildman–Crippen MR) is 106 cm³/mol. The van der Waals surface area contributed by atoms with Crippen molar-refractivity contribution in [2.24, 2.45) is 0 Å². The van der Waals surface area contributed by atoms with E-state index in [0.29, 0.717) is 12.1 Å². The summed E-state index contributed by atoms with van der Waals surface area (Å²) in [7, 11) is 6.89. The number of aromatic nitrogens is 1. The van der Waals surface area contributed by atoms with Gasteiger partial charge in [0.05, 0.1) is 32.2 Å². The molecule has 150 valence electrons. The summed E-state index contributed by atoms with van der Waals surface area (Å²) >= 11 is 0. The summed E-state index contributed by atoms with van der Waals surface area (Å²) in [5, 5.41) is 0. The first-order valence-corrected chi connectivity index (χ1v) is 9.02. The van der Waals surface area contributed by atoms with E-state index in [-0.39, 0.29) is 30.9 Å². The number of rotatable bonds is 9. The van der Waals surface area contributed by atoms with Crippen LogP contribution in [0.15, 0.2) is 48.8 Å². The van der Waals surface area contributed by atoms with Crippen LogP contribution >= 0.6 is 0 Å². The van der Waals surface area contributed by atoms with Gasteiger partial charge in [0.1, 0.15) is 5.75 Å². The van der Waals surface area contributed by atoms with Gasteiger partial charge >= 0.3 is 5.97 Å². The molecule has 2 rings (SSSR count). The normalized spacial score (nSPS) is 11.8. The van der Waals surface area contributed by atoms with Gasteiger partial charge in [-0.25, -0.2) is 0 Å². The van der Waals surface area contributed by atoms with Crippen molar-refractivity contribution in [1.29, 1.82) is 0 Å². The van der Waals surface area contributed by atoms with Crippen LogP contribution in [0.4, 0.5) is 0 Å². The molecule has 0 spiro atoms. The highest BCUT2D eigenvalue weighted by Crippen LogP contribution is 2.23. The summed E-state index contributed by atoms with van der Waals surface area (Å²) in [6.45, 7) is 0.685. The van der Waals surface area contributed by atoms with Crippen LogP contribution in [0.1, 0.15) is 28.4 Å². The lowest BCUT2D eigenvalue weighted by Gasteiger charge is -2.32. The molecule has 0 aliphatic heterocycles. The largest absolute Gasteiger partial charge is 0.497 e. The van der Waals surface area contributed by atoms with E-state index in [1.54, 1.807) is 30.3 Å². The Morgan fingerprint density at radius 2 is 1.82 bits per heavy atom. The molecule has 0 aliphatic carbocycles. The zero-order chi connectivity index (χ0) is 20.5. The summed E-state index contributed by atoms with van der Waals surface area (Å²) in [4.78, 5) is 32.4. The van der Waals surface area contributed by atoms with Crippen molar-refractivity contribution in [3.8, 4) is 5.75 Å². The van der Waals surface area contributed by atoms with Crippen LogP contribution in [-0.2, 0) is 9.53 Å². The molecule has 7 nitrogen and oxygen atoms in total. The summed E-state index contributed by atoms with van der Waals surface area (Å²) < 4.78 is 9.96. The van der Waals surface area contributed by atoms with Crippen molar-refractivity contribution >= 4 is 11.9 Å². The Morgan fingerprint density at radius 3 is 2.36 bits per heavy atom. The molecule has 0 saturated carbocycles. The predicted octanol–water partition coefficient (Wildman–Crippen LogP) is 2.40. The molecule has 0 bridgehead atoms. The Morgan fingerprint density at radius 1 is 1.11 bits per heavy atom. The Kier molecular flexibility index (Phi) is 7.95. The van der Waals surface area contributed by atoms with Crippen molar-refractivity contribution in [2.75, 3.05) is 41.4 Å². The maximum Gasteiger partial charge on any atom is 0.307 e. The molecule has 0 aliphatic rings. The molecule has 0 fully saturated rings. The van der Waals surface area contributed by atoms with Gasteiger partial charge in [-0.2, -0.15) is 0 Å². The van der Waals surface area contributed by atoms with Crippen molar-refractivity contribution in [3.05, 3.63) is 59.9 Å². The lowest BCUT2D eigenvalue weighted by atomic mass is 10.0. The van der Waals surface area contributed by atoms with Crippen LogP contribution in [-0.4, -0.2) is 68.1 Å². The van der Waals surface area contributed by atoms with E-state index in [1.807, 2.05) is 43.3 Å². The number of hydrogen-bond acceptors (Lipinski definition) is 6. The van der Waals surface area contributed by atoms with Gasteiger partial charge in [0, 0.05) is 25.5 Å². The van der Waals surface area contributed by atoms with E-state index < -0.39 is 0 Å². The van der Waals surface area contributed by atoms with Crippen LogP contribution < -0.4 is 4.74 Å². The fraction of sp³-hybridized carbons (Fsp3) is 0.381. The number of carbonyl (C=O) groups is 2. The number of amides is 1. The Hall–Kier alpha value is -2.93. The van der Waals surface area contributed by atoms with Gasteiger partial charge in [-0.1, -0.05) is 12.1 Å². The molecule has 1 heterocycles. The summed E-state index contributed by atoms with van der Waals surface area (Å²) in [6.07, 6.45) is 3.28. The van der Waals surface area contributed by atoms with Gasteiger partial charge < -0.3 is 19.3 Å². The van der Waals surface area contributed by atoms with Gasteiger partial charge in [0.2, 0.25) is 0 Å². The third-order valence-electron chi connectivity index (χ3n) is 4.53. The van der Waals surface area contributed by atoms with Crippen molar-refractivity contribution in [3.63, 3.8) is 0 Å². The van der Waals surface area contributed by atoms with E-state index >= 15 is 0 Å². The molecular formula is C21H27N3O4. The number of pyridine rings is 1. The molecule has 0 radical (unpaired) electrons. The third-order valence-corrected chi connectivity index (χ3v) is 4.53. The minimum Gasteiger partial charge on any atom is -0.497 e. The van der Waals surface area contributed by atoms with Gasteiger partial charge in [-0.3, -0.25) is 14.6 Å². The van der Waals surface area contributed by atoms with Gasteiger partial charge in [0.25, 0.3) is 5.91 Å². The fourth-order valence-electron chi connectivity index (χ4n) is 2.88.